The van der Waals surface area contributed by atoms with Crippen LogP contribution < -0.4 is 5.06 Å². The van der Waals surface area contributed by atoms with E-state index in [2.05, 4.69) is 4.74 Å². The Hall–Kier alpha value is -2.08. The van der Waals surface area contributed by atoms with E-state index in [-0.39, 0.29) is 6.61 Å². The number of rotatable bonds is 4. The molecular formula is C13H14ClNO5. The molecule has 0 heterocycles. The SMILES string of the molecule is CCOC(=O)CC(=O)ON(C(C)=O)c1ccc(Cl)cc1. The number of amides is 1. The van der Waals surface area contributed by atoms with Crippen molar-refractivity contribution in [2.75, 3.05) is 11.7 Å². The first-order valence-corrected chi connectivity index (χ1v) is 6.24. The van der Waals surface area contributed by atoms with Crippen molar-refractivity contribution in [1.82, 2.24) is 0 Å². The van der Waals surface area contributed by atoms with E-state index in [9.17, 15) is 14.4 Å². The lowest BCUT2D eigenvalue weighted by Crippen LogP contribution is -2.32. The second-order valence-electron chi connectivity index (χ2n) is 3.73. The zero-order chi connectivity index (χ0) is 15.1. The van der Waals surface area contributed by atoms with Crippen LogP contribution in [0.3, 0.4) is 0 Å². The highest BCUT2D eigenvalue weighted by atomic mass is 35.5. The topological polar surface area (TPSA) is 72.9 Å². The van der Waals surface area contributed by atoms with Crippen LogP contribution in [0.15, 0.2) is 24.3 Å². The van der Waals surface area contributed by atoms with Crippen LogP contribution >= 0.6 is 11.6 Å². The van der Waals surface area contributed by atoms with Gasteiger partial charge in [0, 0.05) is 11.9 Å². The van der Waals surface area contributed by atoms with Crippen molar-refractivity contribution >= 4 is 35.1 Å². The third-order valence-corrected chi connectivity index (χ3v) is 2.39. The van der Waals surface area contributed by atoms with E-state index in [1.54, 1.807) is 19.1 Å². The minimum Gasteiger partial charge on any atom is -0.466 e. The fourth-order valence-electron chi connectivity index (χ4n) is 1.34. The number of benzene rings is 1. The van der Waals surface area contributed by atoms with Crippen LogP contribution in [0.1, 0.15) is 20.3 Å². The molecule has 20 heavy (non-hydrogen) atoms. The number of hydrogen-bond donors (Lipinski definition) is 0. The summed E-state index contributed by atoms with van der Waals surface area (Å²) in [7, 11) is 0. The van der Waals surface area contributed by atoms with Gasteiger partial charge in [-0.1, -0.05) is 11.6 Å². The second-order valence-corrected chi connectivity index (χ2v) is 4.17. The summed E-state index contributed by atoms with van der Waals surface area (Å²) in [5.41, 5.74) is 0.333. The van der Waals surface area contributed by atoms with Gasteiger partial charge in [0.2, 0.25) is 0 Å². The lowest BCUT2D eigenvalue weighted by Gasteiger charge is -2.19. The van der Waals surface area contributed by atoms with Gasteiger partial charge in [-0.25, -0.2) is 4.79 Å². The van der Waals surface area contributed by atoms with Crippen LogP contribution in [0.4, 0.5) is 5.69 Å². The molecule has 0 atom stereocenters. The first-order chi connectivity index (χ1) is 9.43. The van der Waals surface area contributed by atoms with E-state index >= 15 is 0 Å². The largest absolute Gasteiger partial charge is 0.466 e. The molecule has 0 bridgehead atoms. The van der Waals surface area contributed by atoms with E-state index in [4.69, 9.17) is 16.4 Å². The highest BCUT2D eigenvalue weighted by Crippen LogP contribution is 2.18. The van der Waals surface area contributed by atoms with Crippen molar-refractivity contribution in [1.29, 1.82) is 0 Å². The van der Waals surface area contributed by atoms with Crippen LogP contribution in [0.5, 0.6) is 0 Å². The minimum atomic E-state index is -0.881. The van der Waals surface area contributed by atoms with Crippen LogP contribution in [0, 0.1) is 0 Å². The molecule has 0 N–H and O–H groups in total. The van der Waals surface area contributed by atoms with Gasteiger partial charge >= 0.3 is 11.9 Å². The van der Waals surface area contributed by atoms with Gasteiger partial charge in [0.15, 0.2) is 0 Å². The van der Waals surface area contributed by atoms with Crippen molar-refractivity contribution in [3.63, 3.8) is 0 Å². The van der Waals surface area contributed by atoms with Gasteiger partial charge in [-0.15, -0.1) is 5.06 Å². The van der Waals surface area contributed by atoms with Crippen molar-refractivity contribution in [3.8, 4) is 0 Å². The molecule has 1 amide bonds. The second kappa shape index (κ2) is 7.49. The molecule has 0 aliphatic rings. The maximum Gasteiger partial charge on any atom is 0.344 e. The summed E-state index contributed by atoms with van der Waals surface area (Å²) in [6.07, 6.45) is -0.564. The third-order valence-electron chi connectivity index (χ3n) is 2.13. The molecule has 0 aliphatic carbocycles. The van der Waals surface area contributed by atoms with E-state index in [1.807, 2.05) is 0 Å². The van der Waals surface area contributed by atoms with E-state index < -0.39 is 24.3 Å². The first kappa shape index (κ1) is 16.0. The summed E-state index contributed by atoms with van der Waals surface area (Å²) in [5.74, 6) is -2.10. The van der Waals surface area contributed by atoms with Crippen LogP contribution in [0.2, 0.25) is 5.02 Å². The van der Waals surface area contributed by atoms with Gasteiger partial charge in [-0.05, 0) is 31.2 Å². The quantitative estimate of drug-likeness (QED) is 0.483. The Labute approximate surface area is 121 Å². The number of carbonyl (C=O) groups is 3. The summed E-state index contributed by atoms with van der Waals surface area (Å²) in [6.45, 7) is 3.02. The fourth-order valence-corrected chi connectivity index (χ4v) is 1.47. The Bertz CT molecular complexity index is 500. The number of hydroxylamine groups is 1. The molecular weight excluding hydrogens is 286 g/mol. The fraction of sp³-hybridized carbons (Fsp3) is 0.308. The lowest BCUT2D eigenvalue weighted by atomic mass is 10.3. The van der Waals surface area contributed by atoms with Crippen molar-refractivity contribution < 1.29 is 24.0 Å². The molecule has 108 valence electrons. The van der Waals surface area contributed by atoms with Gasteiger partial charge in [0.05, 0.1) is 12.3 Å². The first-order valence-electron chi connectivity index (χ1n) is 5.86. The Morgan fingerprint density at radius 2 is 1.75 bits per heavy atom. The number of ether oxygens (including phenoxy) is 1. The van der Waals surface area contributed by atoms with Gasteiger partial charge in [0.1, 0.15) is 6.42 Å². The Balaban J connectivity index is 2.73. The normalized spacial score (nSPS) is 9.75. The number of hydrogen-bond acceptors (Lipinski definition) is 5. The molecule has 0 radical (unpaired) electrons. The Morgan fingerprint density at radius 1 is 1.15 bits per heavy atom. The maximum atomic E-state index is 11.5. The highest BCUT2D eigenvalue weighted by molar-refractivity contribution is 6.30. The number of halogens is 1. The maximum absolute atomic E-state index is 11.5. The predicted molar refractivity (Wildman–Crippen MR) is 72.0 cm³/mol. The predicted octanol–water partition coefficient (Wildman–Crippen LogP) is 2.10. The van der Waals surface area contributed by atoms with E-state index in [1.165, 1.54) is 19.1 Å². The number of carbonyl (C=O) groups excluding carboxylic acids is 3. The smallest absolute Gasteiger partial charge is 0.344 e. The average Bonchev–Trinajstić information content (AvgIpc) is 2.37. The Morgan fingerprint density at radius 3 is 2.25 bits per heavy atom. The third kappa shape index (κ3) is 4.89. The summed E-state index contributed by atoms with van der Waals surface area (Å²) in [5, 5.41) is 1.27. The van der Waals surface area contributed by atoms with Crippen LogP contribution in [-0.2, 0) is 24.0 Å². The number of esters is 1. The number of nitrogens with zero attached hydrogens (tertiary/aromatic N) is 1. The summed E-state index contributed by atoms with van der Waals surface area (Å²) in [4.78, 5) is 39.0. The van der Waals surface area contributed by atoms with Gasteiger partial charge in [-0.2, -0.15) is 0 Å². The molecule has 1 aromatic carbocycles. The molecule has 0 aromatic heterocycles. The van der Waals surface area contributed by atoms with E-state index in [0.29, 0.717) is 10.7 Å². The summed E-state index contributed by atoms with van der Waals surface area (Å²) < 4.78 is 4.62. The molecule has 7 heteroatoms. The minimum absolute atomic E-state index is 0.166. The lowest BCUT2D eigenvalue weighted by molar-refractivity contribution is -0.157. The monoisotopic (exact) mass is 299 g/mol. The van der Waals surface area contributed by atoms with Gasteiger partial charge in [0.25, 0.3) is 5.91 Å². The average molecular weight is 300 g/mol. The molecule has 0 aliphatic heterocycles. The van der Waals surface area contributed by atoms with Crippen LogP contribution in [0.25, 0.3) is 0 Å². The molecule has 0 saturated heterocycles. The summed E-state index contributed by atoms with van der Waals surface area (Å²) >= 11 is 5.73. The molecule has 0 fully saturated rings. The number of anilines is 1. The van der Waals surface area contributed by atoms with Crippen molar-refractivity contribution in [2.45, 2.75) is 20.3 Å². The zero-order valence-electron chi connectivity index (χ0n) is 11.1. The van der Waals surface area contributed by atoms with Crippen molar-refractivity contribution in [3.05, 3.63) is 29.3 Å². The van der Waals surface area contributed by atoms with Gasteiger partial charge < -0.3 is 9.57 Å². The molecule has 6 nitrogen and oxygen atoms in total. The van der Waals surface area contributed by atoms with Gasteiger partial charge in [-0.3, -0.25) is 9.59 Å². The van der Waals surface area contributed by atoms with Crippen molar-refractivity contribution in [2.24, 2.45) is 0 Å². The molecule has 0 spiro atoms. The summed E-state index contributed by atoms with van der Waals surface area (Å²) in [6, 6.07) is 6.13. The standard InChI is InChI=1S/C13H14ClNO5/c1-3-19-12(17)8-13(18)20-15(9(2)16)11-6-4-10(14)5-7-11/h4-7H,3,8H2,1-2H3. The molecule has 1 aromatic rings. The van der Waals surface area contributed by atoms with Crippen LogP contribution in [-0.4, -0.2) is 24.5 Å². The Kier molecular flexibility index (Phi) is 5.99. The molecule has 0 saturated carbocycles. The molecule has 0 unspecified atom stereocenters. The zero-order valence-corrected chi connectivity index (χ0v) is 11.8. The highest BCUT2D eigenvalue weighted by Gasteiger charge is 2.20. The van der Waals surface area contributed by atoms with E-state index in [0.717, 1.165) is 5.06 Å². The molecule has 1 rings (SSSR count).